The second kappa shape index (κ2) is 6.11. The fraction of sp³-hybridized carbons (Fsp3) is 0.556. The van der Waals surface area contributed by atoms with Gasteiger partial charge in [-0.2, -0.15) is 0 Å². The van der Waals surface area contributed by atoms with Crippen LogP contribution in [0.4, 0.5) is 5.69 Å². The first-order chi connectivity index (χ1) is 10.6. The monoisotopic (exact) mass is 301 g/mol. The minimum Gasteiger partial charge on any atom is -0.465 e. The van der Waals surface area contributed by atoms with Crippen molar-refractivity contribution >= 4 is 17.6 Å². The van der Waals surface area contributed by atoms with Crippen LogP contribution >= 0.6 is 0 Å². The van der Waals surface area contributed by atoms with Gasteiger partial charge in [-0.05, 0) is 61.6 Å². The minimum absolute atomic E-state index is 0.0580. The quantitative estimate of drug-likeness (QED) is 0.865. The largest absolute Gasteiger partial charge is 0.465 e. The summed E-state index contributed by atoms with van der Waals surface area (Å²) in [6.45, 7) is 1.92. The van der Waals surface area contributed by atoms with E-state index in [1.165, 1.54) is 32.8 Å². The molecule has 3 rings (SSSR count). The lowest BCUT2D eigenvalue weighted by atomic mass is 9.86. The molecule has 2 saturated carbocycles. The SMILES string of the molecule is COC(=O)c1ccc(C)c(NC(=O)C[C@@H]2C[C@@H]3CC[C@@H]2C3)c1. The van der Waals surface area contributed by atoms with Gasteiger partial charge < -0.3 is 10.1 Å². The number of fused-ring (bicyclic) bond motifs is 2. The van der Waals surface area contributed by atoms with E-state index in [-0.39, 0.29) is 11.9 Å². The maximum atomic E-state index is 12.3. The van der Waals surface area contributed by atoms with Crippen LogP contribution in [0.5, 0.6) is 0 Å². The van der Waals surface area contributed by atoms with E-state index in [9.17, 15) is 9.59 Å². The van der Waals surface area contributed by atoms with Crippen LogP contribution in [-0.4, -0.2) is 19.0 Å². The van der Waals surface area contributed by atoms with Crippen LogP contribution in [0.25, 0.3) is 0 Å². The van der Waals surface area contributed by atoms with Gasteiger partial charge in [-0.1, -0.05) is 12.5 Å². The third kappa shape index (κ3) is 3.01. The summed E-state index contributed by atoms with van der Waals surface area (Å²) in [5.41, 5.74) is 2.12. The summed E-state index contributed by atoms with van der Waals surface area (Å²) in [4.78, 5) is 23.9. The van der Waals surface area contributed by atoms with Crippen LogP contribution in [0.1, 0.15) is 48.0 Å². The molecule has 4 nitrogen and oxygen atoms in total. The highest BCUT2D eigenvalue weighted by atomic mass is 16.5. The van der Waals surface area contributed by atoms with E-state index < -0.39 is 0 Å². The molecule has 0 spiro atoms. The van der Waals surface area contributed by atoms with E-state index in [1.54, 1.807) is 12.1 Å². The first kappa shape index (κ1) is 15.1. The van der Waals surface area contributed by atoms with Gasteiger partial charge in [-0.3, -0.25) is 4.79 Å². The zero-order chi connectivity index (χ0) is 15.7. The van der Waals surface area contributed by atoms with Crippen LogP contribution in [-0.2, 0) is 9.53 Å². The van der Waals surface area contributed by atoms with Crippen LogP contribution < -0.4 is 5.32 Å². The number of ether oxygens (including phenoxy) is 1. The van der Waals surface area contributed by atoms with Gasteiger partial charge in [0, 0.05) is 12.1 Å². The van der Waals surface area contributed by atoms with Crippen molar-refractivity contribution < 1.29 is 14.3 Å². The molecule has 22 heavy (non-hydrogen) atoms. The molecule has 0 heterocycles. The molecule has 0 unspecified atom stereocenters. The first-order valence-corrected chi connectivity index (χ1v) is 8.05. The fourth-order valence-corrected chi connectivity index (χ4v) is 4.07. The molecule has 2 bridgehead atoms. The number of carbonyl (C=O) groups excluding carboxylic acids is 2. The van der Waals surface area contributed by atoms with Crippen molar-refractivity contribution in [1.82, 2.24) is 0 Å². The van der Waals surface area contributed by atoms with Gasteiger partial charge in [0.1, 0.15) is 0 Å². The van der Waals surface area contributed by atoms with Gasteiger partial charge >= 0.3 is 5.97 Å². The molecule has 1 N–H and O–H groups in total. The Bertz CT molecular complexity index is 596. The third-order valence-corrected chi connectivity index (χ3v) is 5.26. The summed E-state index contributed by atoms with van der Waals surface area (Å²) in [5.74, 6) is 1.82. The predicted octanol–water partition coefficient (Wildman–Crippen LogP) is 3.55. The van der Waals surface area contributed by atoms with Gasteiger partial charge in [-0.25, -0.2) is 4.79 Å². The molecule has 4 heteroatoms. The van der Waals surface area contributed by atoms with E-state index in [4.69, 9.17) is 4.74 Å². The number of hydrogen-bond donors (Lipinski definition) is 1. The average Bonchev–Trinajstić information content (AvgIpc) is 3.11. The highest BCUT2D eigenvalue weighted by molar-refractivity contribution is 5.95. The van der Waals surface area contributed by atoms with E-state index in [0.29, 0.717) is 23.6 Å². The van der Waals surface area contributed by atoms with E-state index >= 15 is 0 Å². The van der Waals surface area contributed by atoms with Crippen molar-refractivity contribution in [2.45, 2.75) is 39.0 Å². The zero-order valence-electron chi connectivity index (χ0n) is 13.2. The molecule has 0 aromatic heterocycles. The summed E-state index contributed by atoms with van der Waals surface area (Å²) in [5, 5.41) is 2.97. The molecule has 1 aromatic carbocycles. The zero-order valence-corrected chi connectivity index (χ0v) is 13.2. The summed E-state index contributed by atoms with van der Waals surface area (Å²) in [6.07, 6.45) is 5.76. The number of hydrogen-bond acceptors (Lipinski definition) is 3. The van der Waals surface area contributed by atoms with Crippen molar-refractivity contribution in [2.75, 3.05) is 12.4 Å². The lowest BCUT2D eigenvalue weighted by Gasteiger charge is -2.21. The Balaban J connectivity index is 1.64. The first-order valence-electron chi connectivity index (χ1n) is 8.05. The lowest BCUT2D eigenvalue weighted by Crippen LogP contribution is -2.20. The van der Waals surface area contributed by atoms with Gasteiger partial charge in [0.25, 0.3) is 0 Å². The van der Waals surface area contributed by atoms with E-state index in [2.05, 4.69) is 5.32 Å². The summed E-state index contributed by atoms with van der Waals surface area (Å²) in [7, 11) is 1.36. The van der Waals surface area contributed by atoms with Gasteiger partial charge in [0.2, 0.25) is 5.91 Å². The van der Waals surface area contributed by atoms with Crippen LogP contribution in [0.2, 0.25) is 0 Å². The van der Waals surface area contributed by atoms with Gasteiger partial charge in [0.15, 0.2) is 0 Å². The number of methoxy groups -OCH3 is 1. The standard InChI is InChI=1S/C18H23NO3/c1-11-3-5-14(18(21)22-2)9-16(11)19-17(20)10-15-8-12-4-6-13(15)7-12/h3,5,9,12-13,15H,4,6-8,10H2,1-2H3,(H,19,20)/t12-,13-,15+/m1/s1. The molecular formula is C18H23NO3. The summed E-state index contributed by atoms with van der Waals surface area (Å²) >= 11 is 0. The fourth-order valence-electron chi connectivity index (χ4n) is 4.07. The van der Waals surface area contributed by atoms with Crippen molar-refractivity contribution in [3.8, 4) is 0 Å². The molecule has 1 amide bonds. The van der Waals surface area contributed by atoms with E-state index in [0.717, 1.165) is 17.4 Å². The van der Waals surface area contributed by atoms with Gasteiger partial charge in [0.05, 0.1) is 12.7 Å². The average molecular weight is 301 g/mol. The summed E-state index contributed by atoms with van der Waals surface area (Å²) < 4.78 is 4.73. The molecule has 2 aliphatic rings. The number of rotatable bonds is 4. The normalized spacial score (nSPS) is 26.0. The number of amides is 1. The highest BCUT2D eigenvalue weighted by Crippen LogP contribution is 2.49. The Morgan fingerprint density at radius 1 is 1.27 bits per heavy atom. The molecule has 118 valence electrons. The third-order valence-electron chi connectivity index (χ3n) is 5.26. The number of benzene rings is 1. The molecule has 0 saturated heterocycles. The van der Waals surface area contributed by atoms with E-state index in [1.807, 2.05) is 13.0 Å². The minimum atomic E-state index is -0.386. The highest BCUT2D eigenvalue weighted by Gasteiger charge is 2.40. The lowest BCUT2D eigenvalue weighted by molar-refractivity contribution is -0.117. The second-order valence-electron chi connectivity index (χ2n) is 6.71. The van der Waals surface area contributed by atoms with Crippen molar-refractivity contribution in [1.29, 1.82) is 0 Å². The van der Waals surface area contributed by atoms with Crippen LogP contribution in [0.3, 0.4) is 0 Å². The maximum absolute atomic E-state index is 12.3. The topological polar surface area (TPSA) is 55.4 Å². The number of aryl methyl sites for hydroxylation is 1. The summed E-state index contributed by atoms with van der Waals surface area (Å²) in [6, 6.07) is 5.24. The maximum Gasteiger partial charge on any atom is 0.337 e. The Labute approximate surface area is 131 Å². The Morgan fingerprint density at radius 3 is 2.73 bits per heavy atom. The number of nitrogens with one attached hydrogen (secondary N) is 1. The Morgan fingerprint density at radius 2 is 2.09 bits per heavy atom. The van der Waals surface area contributed by atoms with Crippen molar-refractivity contribution in [2.24, 2.45) is 17.8 Å². The molecule has 3 atom stereocenters. The smallest absolute Gasteiger partial charge is 0.337 e. The Hall–Kier alpha value is -1.84. The number of carbonyl (C=O) groups is 2. The molecule has 2 fully saturated rings. The number of anilines is 1. The molecular weight excluding hydrogens is 278 g/mol. The molecule has 0 aliphatic heterocycles. The number of esters is 1. The Kier molecular flexibility index (Phi) is 4.19. The second-order valence-corrected chi connectivity index (χ2v) is 6.71. The van der Waals surface area contributed by atoms with Crippen LogP contribution in [0, 0.1) is 24.7 Å². The molecule has 1 aromatic rings. The van der Waals surface area contributed by atoms with Crippen molar-refractivity contribution in [3.63, 3.8) is 0 Å². The molecule has 2 aliphatic carbocycles. The van der Waals surface area contributed by atoms with Crippen molar-refractivity contribution in [3.05, 3.63) is 29.3 Å². The van der Waals surface area contributed by atoms with Gasteiger partial charge in [-0.15, -0.1) is 0 Å². The predicted molar refractivity (Wildman–Crippen MR) is 84.7 cm³/mol. The molecule has 0 radical (unpaired) electrons. The van der Waals surface area contributed by atoms with Crippen LogP contribution in [0.15, 0.2) is 18.2 Å².